The highest BCUT2D eigenvalue weighted by Crippen LogP contribution is 2.27. The second-order valence-corrected chi connectivity index (χ2v) is 6.11. The van der Waals surface area contributed by atoms with Crippen LogP contribution in [0.3, 0.4) is 0 Å². The van der Waals surface area contributed by atoms with E-state index in [1.165, 1.54) is 0 Å². The van der Waals surface area contributed by atoms with E-state index in [9.17, 15) is 0 Å². The van der Waals surface area contributed by atoms with Crippen LogP contribution in [0.1, 0.15) is 24.0 Å². The summed E-state index contributed by atoms with van der Waals surface area (Å²) < 4.78 is 2.00. The Kier molecular flexibility index (Phi) is 4.72. The standard InChI is InChI=1S/C21H20N6/c1-2-27-21-9-6-15(19-5-3-4-16(13-22)25-19)12-18(21)20(26-27)8-7-17-14-23-10-11-24-17/h3-12,14H,2,13,22H2,1H3. The van der Waals surface area contributed by atoms with Gasteiger partial charge in [-0.05, 0) is 43.3 Å². The van der Waals surface area contributed by atoms with Crippen LogP contribution in [-0.2, 0) is 13.1 Å². The summed E-state index contributed by atoms with van der Waals surface area (Å²) in [5.41, 5.74) is 11.3. The van der Waals surface area contributed by atoms with E-state index < -0.39 is 0 Å². The predicted octanol–water partition coefficient (Wildman–Crippen LogP) is 3.54. The molecule has 0 radical (unpaired) electrons. The van der Waals surface area contributed by atoms with E-state index >= 15 is 0 Å². The van der Waals surface area contributed by atoms with Crippen molar-refractivity contribution < 1.29 is 0 Å². The summed E-state index contributed by atoms with van der Waals surface area (Å²) in [6.07, 6.45) is 8.97. The van der Waals surface area contributed by atoms with E-state index in [1.54, 1.807) is 18.6 Å². The van der Waals surface area contributed by atoms with Gasteiger partial charge in [0.05, 0.1) is 34.5 Å². The molecule has 4 aromatic rings. The van der Waals surface area contributed by atoms with Crippen molar-refractivity contribution in [2.45, 2.75) is 20.0 Å². The number of nitrogens with two attached hydrogens (primary N) is 1. The molecule has 0 aliphatic carbocycles. The van der Waals surface area contributed by atoms with Gasteiger partial charge in [-0.3, -0.25) is 19.6 Å². The lowest BCUT2D eigenvalue weighted by Gasteiger charge is -2.04. The minimum absolute atomic E-state index is 0.427. The Morgan fingerprint density at radius 1 is 1.11 bits per heavy atom. The van der Waals surface area contributed by atoms with Crippen molar-refractivity contribution in [2.24, 2.45) is 5.73 Å². The van der Waals surface area contributed by atoms with E-state index in [4.69, 9.17) is 10.8 Å². The smallest absolute Gasteiger partial charge is 0.0930 e. The molecule has 0 saturated heterocycles. The van der Waals surface area contributed by atoms with E-state index in [0.29, 0.717) is 6.54 Å². The number of rotatable bonds is 5. The molecule has 6 nitrogen and oxygen atoms in total. The summed E-state index contributed by atoms with van der Waals surface area (Å²) >= 11 is 0. The van der Waals surface area contributed by atoms with Gasteiger partial charge in [-0.2, -0.15) is 5.10 Å². The zero-order valence-electron chi connectivity index (χ0n) is 15.1. The molecule has 4 rings (SSSR count). The Morgan fingerprint density at radius 2 is 2.04 bits per heavy atom. The molecule has 3 aromatic heterocycles. The summed E-state index contributed by atoms with van der Waals surface area (Å²) in [5.74, 6) is 0. The number of hydrogen-bond acceptors (Lipinski definition) is 5. The molecule has 0 unspecified atom stereocenters. The second kappa shape index (κ2) is 7.47. The van der Waals surface area contributed by atoms with Gasteiger partial charge in [0.15, 0.2) is 0 Å². The van der Waals surface area contributed by atoms with Crippen molar-refractivity contribution in [3.8, 4) is 11.3 Å². The van der Waals surface area contributed by atoms with Crippen LogP contribution in [-0.4, -0.2) is 24.7 Å². The first kappa shape index (κ1) is 17.1. The molecule has 0 saturated carbocycles. The molecular formula is C21H20N6. The molecule has 0 aliphatic rings. The molecule has 134 valence electrons. The van der Waals surface area contributed by atoms with Gasteiger partial charge in [-0.1, -0.05) is 12.1 Å². The molecule has 27 heavy (non-hydrogen) atoms. The number of pyridine rings is 1. The maximum absolute atomic E-state index is 5.73. The molecule has 0 spiro atoms. The normalized spacial score (nSPS) is 11.5. The minimum Gasteiger partial charge on any atom is -0.325 e. The Balaban J connectivity index is 1.80. The Bertz CT molecular complexity index is 1100. The number of fused-ring (bicyclic) bond motifs is 1. The topological polar surface area (TPSA) is 82.5 Å². The average Bonchev–Trinajstić information content (AvgIpc) is 3.10. The fraction of sp³-hybridized carbons (Fsp3) is 0.143. The molecule has 0 amide bonds. The third-order valence-electron chi connectivity index (χ3n) is 4.39. The first-order chi connectivity index (χ1) is 13.3. The summed E-state index contributed by atoms with van der Waals surface area (Å²) in [7, 11) is 0. The van der Waals surface area contributed by atoms with E-state index in [1.807, 2.05) is 35.0 Å². The maximum atomic E-state index is 5.73. The molecule has 2 N–H and O–H groups in total. The Hall–Kier alpha value is -3.38. The maximum Gasteiger partial charge on any atom is 0.0930 e. The Labute approximate surface area is 157 Å². The molecule has 0 atom stereocenters. The third-order valence-corrected chi connectivity index (χ3v) is 4.39. The summed E-state index contributed by atoms with van der Waals surface area (Å²) in [5, 5.41) is 5.81. The molecule has 0 aliphatic heterocycles. The van der Waals surface area contributed by atoms with Crippen LogP contribution in [0.15, 0.2) is 55.0 Å². The van der Waals surface area contributed by atoms with E-state index in [0.717, 1.165) is 45.8 Å². The fourth-order valence-corrected chi connectivity index (χ4v) is 3.04. The number of aromatic nitrogens is 5. The average molecular weight is 356 g/mol. The summed E-state index contributed by atoms with van der Waals surface area (Å²) in [6, 6.07) is 12.2. The fourth-order valence-electron chi connectivity index (χ4n) is 3.04. The zero-order valence-corrected chi connectivity index (χ0v) is 15.1. The molecule has 1 aromatic carbocycles. The summed E-state index contributed by atoms with van der Waals surface area (Å²) in [6.45, 7) is 3.31. The SMILES string of the molecule is CCn1nc(C=Cc2cnccn2)c2cc(-c3cccc(CN)n3)ccc21. The van der Waals surface area contributed by atoms with E-state index in [2.05, 4.69) is 40.1 Å². The molecule has 0 bridgehead atoms. The van der Waals surface area contributed by atoms with E-state index in [-0.39, 0.29) is 0 Å². The molecular weight excluding hydrogens is 336 g/mol. The van der Waals surface area contributed by atoms with Gasteiger partial charge >= 0.3 is 0 Å². The molecule has 6 heteroatoms. The first-order valence-electron chi connectivity index (χ1n) is 8.89. The van der Waals surface area contributed by atoms with Gasteiger partial charge in [-0.15, -0.1) is 0 Å². The molecule has 0 fully saturated rings. The molecule has 3 heterocycles. The van der Waals surface area contributed by atoms with Crippen molar-refractivity contribution in [3.63, 3.8) is 0 Å². The van der Waals surface area contributed by atoms with Crippen LogP contribution < -0.4 is 5.73 Å². The van der Waals surface area contributed by atoms with Crippen LogP contribution in [0.25, 0.3) is 34.3 Å². The van der Waals surface area contributed by atoms with Crippen LogP contribution in [0.2, 0.25) is 0 Å². The lowest BCUT2D eigenvalue weighted by atomic mass is 10.1. The van der Waals surface area contributed by atoms with Crippen molar-refractivity contribution >= 4 is 23.1 Å². The zero-order chi connectivity index (χ0) is 18.6. The van der Waals surface area contributed by atoms with Gasteiger partial charge in [0, 0.05) is 36.4 Å². The lowest BCUT2D eigenvalue weighted by molar-refractivity contribution is 0.682. The highest BCUT2D eigenvalue weighted by molar-refractivity contribution is 5.92. The summed E-state index contributed by atoms with van der Waals surface area (Å²) in [4.78, 5) is 13.0. The van der Waals surface area contributed by atoms with Crippen LogP contribution in [0, 0.1) is 0 Å². The minimum atomic E-state index is 0.427. The van der Waals surface area contributed by atoms with Crippen molar-refractivity contribution in [1.82, 2.24) is 24.7 Å². The largest absolute Gasteiger partial charge is 0.325 e. The number of nitrogens with zero attached hydrogens (tertiary/aromatic N) is 5. The predicted molar refractivity (Wildman–Crippen MR) is 107 cm³/mol. The van der Waals surface area contributed by atoms with Crippen LogP contribution in [0.5, 0.6) is 0 Å². The number of benzene rings is 1. The number of aryl methyl sites for hydroxylation is 1. The highest BCUT2D eigenvalue weighted by Gasteiger charge is 2.10. The van der Waals surface area contributed by atoms with Gasteiger partial charge in [0.2, 0.25) is 0 Å². The van der Waals surface area contributed by atoms with Crippen LogP contribution in [0.4, 0.5) is 0 Å². The van der Waals surface area contributed by atoms with Gasteiger partial charge < -0.3 is 5.73 Å². The van der Waals surface area contributed by atoms with Crippen molar-refractivity contribution in [2.75, 3.05) is 0 Å². The van der Waals surface area contributed by atoms with Crippen molar-refractivity contribution in [1.29, 1.82) is 0 Å². The van der Waals surface area contributed by atoms with Gasteiger partial charge in [0.1, 0.15) is 0 Å². The van der Waals surface area contributed by atoms with Gasteiger partial charge in [-0.25, -0.2) is 0 Å². The highest BCUT2D eigenvalue weighted by atomic mass is 15.3. The first-order valence-corrected chi connectivity index (χ1v) is 8.89. The van der Waals surface area contributed by atoms with Crippen molar-refractivity contribution in [3.05, 3.63) is 72.1 Å². The number of hydrogen-bond donors (Lipinski definition) is 1. The third kappa shape index (κ3) is 3.47. The van der Waals surface area contributed by atoms with Crippen LogP contribution >= 0.6 is 0 Å². The van der Waals surface area contributed by atoms with Gasteiger partial charge in [0.25, 0.3) is 0 Å². The second-order valence-electron chi connectivity index (χ2n) is 6.11. The Morgan fingerprint density at radius 3 is 2.81 bits per heavy atom. The lowest BCUT2D eigenvalue weighted by Crippen LogP contribution is -1.99. The quantitative estimate of drug-likeness (QED) is 0.591. The monoisotopic (exact) mass is 356 g/mol.